The Kier molecular flexibility index (Phi) is 5.40. The van der Waals surface area contributed by atoms with Gasteiger partial charge in [-0.15, -0.1) is 0 Å². The highest BCUT2D eigenvalue weighted by Crippen LogP contribution is 2.29. The quantitative estimate of drug-likeness (QED) is 0.863. The zero-order valence-corrected chi connectivity index (χ0v) is 12.3. The SMILES string of the molecule is COc1ccc(S(=O)C2CCCCCC2CN)cc1. The lowest BCUT2D eigenvalue weighted by molar-refractivity contribution is 0.414. The lowest BCUT2D eigenvalue weighted by atomic mass is 10.0. The first-order valence-electron chi connectivity index (χ1n) is 7.01. The van der Waals surface area contributed by atoms with E-state index < -0.39 is 10.8 Å². The summed E-state index contributed by atoms with van der Waals surface area (Å²) in [4.78, 5) is 0.895. The number of nitrogens with two attached hydrogens (primary N) is 1. The minimum atomic E-state index is -0.957. The molecule has 0 aliphatic heterocycles. The minimum absolute atomic E-state index is 0.209. The van der Waals surface area contributed by atoms with E-state index >= 15 is 0 Å². The Hall–Kier alpha value is -0.870. The van der Waals surface area contributed by atoms with Crippen molar-refractivity contribution in [3.05, 3.63) is 24.3 Å². The predicted octanol–water partition coefficient (Wildman–Crippen LogP) is 2.71. The van der Waals surface area contributed by atoms with E-state index in [2.05, 4.69) is 0 Å². The molecule has 3 unspecified atom stereocenters. The van der Waals surface area contributed by atoms with E-state index in [9.17, 15) is 4.21 Å². The van der Waals surface area contributed by atoms with Gasteiger partial charge in [0.15, 0.2) is 0 Å². The Labute approximate surface area is 118 Å². The van der Waals surface area contributed by atoms with Crippen LogP contribution in [-0.4, -0.2) is 23.1 Å². The molecule has 1 fully saturated rings. The molecule has 0 bridgehead atoms. The standard InChI is InChI=1S/C15H23NO2S/c1-18-13-7-9-14(10-8-13)19(17)15-6-4-2-3-5-12(15)11-16/h7-10,12,15H,2-6,11,16H2,1H3. The molecule has 1 saturated carbocycles. The molecule has 3 atom stereocenters. The third kappa shape index (κ3) is 3.57. The first-order valence-corrected chi connectivity index (χ1v) is 8.22. The van der Waals surface area contributed by atoms with Gasteiger partial charge in [-0.2, -0.15) is 0 Å². The van der Waals surface area contributed by atoms with Crippen LogP contribution in [0.4, 0.5) is 0 Å². The number of rotatable bonds is 4. The third-order valence-corrected chi connectivity index (χ3v) is 5.87. The summed E-state index contributed by atoms with van der Waals surface area (Å²) < 4.78 is 17.9. The van der Waals surface area contributed by atoms with Crippen molar-refractivity contribution in [2.24, 2.45) is 11.7 Å². The fraction of sp³-hybridized carbons (Fsp3) is 0.600. The molecule has 19 heavy (non-hydrogen) atoms. The summed E-state index contributed by atoms with van der Waals surface area (Å²) in [6, 6.07) is 7.57. The third-order valence-electron chi connectivity index (χ3n) is 3.96. The molecular formula is C15H23NO2S. The summed E-state index contributed by atoms with van der Waals surface area (Å²) in [7, 11) is 0.684. The molecule has 0 radical (unpaired) electrons. The number of benzene rings is 1. The van der Waals surface area contributed by atoms with Crippen molar-refractivity contribution in [3.8, 4) is 5.75 Å². The van der Waals surface area contributed by atoms with E-state index in [-0.39, 0.29) is 5.25 Å². The van der Waals surface area contributed by atoms with Crippen molar-refractivity contribution in [1.29, 1.82) is 0 Å². The summed E-state index contributed by atoms with van der Waals surface area (Å²) in [5.74, 6) is 1.20. The van der Waals surface area contributed by atoms with Crippen LogP contribution >= 0.6 is 0 Å². The predicted molar refractivity (Wildman–Crippen MR) is 78.8 cm³/mol. The van der Waals surface area contributed by atoms with Gasteiger partial charge in [0.25, 0.3) is 0 Å². The number of methoxy groups -OCH3 is 1. The number of hydrogen-bond acceptors (Lipinski definition) is 3. The Morgan fingerprint density at radius 2 is 1.89 bits per heavy atom. The molecule has 0 heterocycles. The molecule has 2 N–H and O–H groups in total. The lowest BCUT2D eigenvalue weighted by Gasteiger charge is -2.23. The van der Waals surface area contributed by atoms with Gasteiger partial charge in [0.1, 0.15) is 5.75 Å². The molecule has 1 aromatic rings. The van der Waals surface area contributed by atoms with Crippen LogP contribution in [0, 0.1) is 5.92 Å². The molecule has 3 nitrogen and oxygen atoms in total. The van der Waals surface area contributed by atoms with Gasteiger partial charge in [-0.3, -0.25) is 4.21 Å². The van der Waals surface area contributed by atoms with Crippen molar-refractivity contribution >= 4 is 10.8 Å². The molecule has 1 aliphatic rings. The van der Waals surface area contributed by atoms with Crippen LogP contribution in [0.2, 0.25) is 0 Å². The molecule has 0 spiro atoms. The first kappa shape index (κ1) is 14.5. The summed E-state index contributed by atoms with van der Waals surface area (Å²) in [5, 5.41) is 0.209. The molecule has 1 aromatic carbocycles. The minimum Gasteiger partial charge on any atom is -0.497 e. The Morgan fingerprint density at radius 1 is 1.21 bits per heavy atom. The second-order valence-corrected chi connectivity index (χ2v) is 6.82. The summed E-state index contributed by atoms with van der Waals surface area (Å²) in [6.45, 7) is 0.645. The topological polar surface area (TPSA) is 52.3 Å². The maximum atomic E-state index is 12.7. The lowest BCUT2D eigenvalue weighted by Crippen LogP contribution is -2.30. The Morgan fingerprint density at radius 3 is 2.53 bits per heavy atom. The second-order valence-electron chi connectivity index (χ2n) is 5.15. The van der Waals surface area contributed by atoms with E-state index in [1.165, 1.54) is 19.3 Å². The molecule has 1 aliphatic carbocycles. The molecular weight excluding hydrogens is 258 g/mol. The van der Waals surface area contributed by atoms with Gasteiger partial charge in [0.2, 0.25) is 0 Å². The van der Waals surface area contributed by atoms with E-state index in [1.807, 2.05) is 24.3 Å². The van der Waals surface area contributed by atoms with Gasteiger partial charge in [0.05, 0.1) is 17.9 Å². The van der Waals surface area contributed by atoms with E-state index in [4.69, 9.17) is 10.5 Å². The number of hydrogen-bond donors (Lipinski definition) is 1. The fourth-order valence-corrected chi connectivity index (χ4v) is 4.52. The monoisotopic (exact) mass is 281 g/mol. The van der Waals surface area contributed by atoms with Crippen molar-refractivity contribution in [2.75, 3.05) is 13.7 Å². The van der Waals surface area contributed by atoms with Gasteiger partial charge in [-0.25, -0.2) is 0 Å². The summed E-state index contributed by atoms with van der Waals surface area (Å²) >= 11 is 0. The summed E-state index contributed by atoms with van der Waals surface area (Å²) in [6.07, 6.45) is 5.78. The zero-order chi connectivity index (χ0) is 13.7. The molecule has 0 aromatic heterocycles. The maximum absolute atomic E-state index is 12.7. The normalized spacial score (nSPS) is 25.6. The molecule has 4 heteroatoms. The fourth-order valence-electron chi connectivity index (χ4n) is 2.79. The average Bonchev–Trinajstić information content (AvgIpc) is 2.71. The molecule has 0 amide bonds. The van der Waals surface area contributed by atoms with Crippen LogP contribution in [0.1, 0.15) is 32.1 Å². The highest BCUT2D eigenvalue weighted by Gasteiger charge is 2.28. The van der Waals surface area contributed by atoms with Crippen molar-refractivity contribution < 1.29 is 8.95 Å². The molecule has 0 saturated heterocycles. The summed E-state index contributed by atoms with van der Waals surface area (Å²) in [5.41, 5.74) is 5.87. The van der Waals surface area contributed by atoms with Crippen LogP contribution in [0.5, 0.6) is 5.75 Å². The largest absolute Gasteiger partial charge is 0.497 e. The first-order chi connectivity index (χ1) is 9.26. The highest BCUT2D eigenvalue weighted by atomic mass is 32.2. The van der Waals surface area contributed by atoms with Crippen LogP contribution in [0.25, 0.3) is 0 Å². The Balaban J connectivity index is 2.15. The zero-order valence-electron chi connectivity index (χ0n) is 11.5. The average molecular weight is 281 g/mol. The second kappa shape index (κ2) is 7.06. The van der Waals surface area contributed by atoms with E-state index in [0.717, 1.165) is 23.5 Å². The van der Waals surface area contributed by atoms with Crippen LogP contribution < -0.4 is 10.5 Å². The van der Waals surface area contributed by atoms with E-state index in [0.29, 0.717) is 12.5 Å². The molecule has 2 rings (SSSR count). The van der Waals surface area contributed by atoms with Crippen molar-refractivity contribution in [1.82, 2.24) is 0 Å². The Bertz CT molecular complexity index is 419. The van der Waals surface area contributed by atoms with Crippen LogP contribution in [0.3, 0.4) is 0 Å². The van der Waals surface area contributed by atoms with Crippen molar-refractivity contribution in [2.45, 2.75) is 42.2 Å². The van der Waals surface area contributed by atoms with Crippen molar-refractivity contribution in [3.63, 3.8) is 0 Å². The number of ether oxygens (including phenoxy) is 1. The van der Waals surface area contributed by atoms with Crippen LogP contribution in [0.15, 0.2) is 29.2 Å². The van der Waals surface area contributed by atoms with Crippen LogP contribution in [-0.2, 0) is 10.8 Å². The van der Waals surface area contributed by atoms with Gasteiger partial charge in [-0.05, 0) is 49.6 Å². The highest BCUT2D eigenvalue weighted by molar-refractivity contribution is 7.85. The van der Waals surface area contributed by atoms with Gasteiger partial charge in [0, 0.05) is 10.1 Å². The van der Waals surface area contributed by atoms with Gasteiger partial charge in [-0.1, -0.05) is 19.3 Å². The van der Waals surface area contributed by atoms with Gasteiger partial charge < -0.3 is 10.5 Å². The smallest absolute Gasteiger partial charge is 0.118 e. The molecule has 106 valence electrons. The van der Waals surface area contributed by atoms with Gasteiger partial charge >= 0.3 is 0 Å². The van der Waals surface area contributed by atoms with E-state index in [1.54, 1.807) is 7.11 Å². The maximum Gasteiger partial charge on any atom is 0.118 e.